The van der Waals surface area contributed by atoms with Crippen molar-refractivity contribution in [3.8, 4) is 5.75 Å². The van der Waals surface area contributed by atoms with Gasteiger partial charge in [-0.05, 0) is 39.0 Å². The Labute approximate surface area is 116 Å². The Kier molecular flexibility index (Phi) is 3.53. The topological polar surface area (TPSA) is 68.5 Å². The van der Waals surface area contributed by atoms with Gasteiger partial charge >= 0.3 is 5.97 Å². The second-order valence-corrected chi connectivity index (χ2v) is 4.95. The van der Waals surface area contributed by atoms with E-state index in [1.165, 1.54) is 7.11 Å². The molecule has 0 unspecified atom stereocenters. The predicted molar refractivity (Wildman–Crippen MR) is 76.8 cm³/mol. The first-order valence-corrected chi connectivity index (χ1v) is 6.34. The van der Waals surface area contributed by atoms with E-state index in [4.69, 9.17) is 4.74 Å². The lowest BCUT2D eigenvalue weighted by atomic mass is 10.1. The van der Waals surface area contributed by atoms with Crippen molar-refractivity contribution < 1.29 is 14.6 Å². The number of aromatic nitrogens is 1. The van der Waals surface area contributed by atoms with Crippen molar-refractivity contribution in [2.45, 2.75) is 26.8 Å². The minimum atomic E-state index is -1.09. The van der Waals surface area contributed by atoms with Crippen LogP contribution >= 0.6 is 0 Å². The molecule has 2 aromatic rings. The minimum absolute atomic E-state index is 0.0441. The van der Waals surface area contributed by atoms with E-state index in [0.717, 1.165) is 0 Å². The largest absolute Gasteiger partial charge is 0.497 e. The second kappa shape index (κ2) is 5.00. The quantitative estimate of drug-likeness (QED) is 0.934. The number of hydrogen-bond acceptors (Lipinski definition) is 3. The van der Waals surface area contributed by atoms with Crippen LogP contribution in [0.4, 0.5) is 0 Å². The number of methoxy groups -OCH3 is 1. The van der Waals surface area contributed by atoms with Gasteiger partial charge in [0.25, 0.3) is 0 Å². The number of benzene rings is 1. The Balaban J connectivity index is 3.03. The Morgan fingerprint density at radius 3 is 2.50 bits per heavy atom. The number of aromatic carboxylic acids is 1. The molecule has 2 rings (SSSR count). The van der Waals surface area contributed by atoms with Crippen molar-refractivity contribution in [1.82, 2.24) is 4.57 Å². The number of carbonyl (C=O) groups is 1. The molecule has 0 fully saturated rings. The van der Waals surface area contributed by atoms with E-state index >= 15 is 0 Å². The van der Waals surface area contributed by atoms with Gasteiger partial charge in [-0.25, -0.2) is 4.79 Å². The lowest BCUT2D eigenvalue weighted by Crippen LogP contribution is -2.23. The van der Waals surface area contributed by atoms with E-state index in [9.17, 15) is 14.7 Å². The van der Waals surface area contributed by atoms with Crippen LogP contribution in [-0.2, 0) is 0 Å². The van der Waals surface area contributed by atoms with Gasteiger partial charge in [-0.3, -0.25) is 4.79 Å². The van der Waals surface area contributed by atoms with Crippen LogP contribution in [0.15, 0.2) is 23.0 Å². The summed E-state index contributed by atoms with van der Waals surface area (Å²) in [5, 5.41) is 9.87. The van der Waals surface area contributed by atoms with Crippen LogP contribution in [0.25, 0.3) is 10.9 Å². The van der Waals surface area contributed by atoms with Crippen LogP contribution in [0.3, 0.4) is 0 Å². The Morgan fingerprint density at radius 2 is 2.00 bits per heavy atom. The van der Waals surface area contributed by atoms with E-state index < -0.39 is 5.97 Å². The first-order valence-electron chi connectivity index (χ1n) is 6.34. The van der Waals surface area contributed by atoms with Crippen LogP contribution in [-0.4, -0.2) is 22.8 Å². The first-order chi connectivity index (χ1) is 9.38. The molecule has 0 aliphatic heterocycles. The number of pyridine rings is 1. The molecule has 1 N–H and O–H groups in total. The monoisotopic (exact) mass is 275 g/mol. The van der Waals surface area contributed by atoms with E-state index in [-0.39, 0.29) is 22.7 Å². The third-order valence-electron chi connectivity index (χ3n) is 3.36. The third-order valence-corrected chi connectivity index (χ3v) is 3.36. The molecule has 20 heavy (non-hydrogen) atoms. The van der Waals surface area contributed by atoms with Crippen LogP contribution in [0.2, 0.25) is 0 Å². The zero-order valence-corrected chi connectivity index (χ0v) is 11.9. The van der Waals surface area contributed by atoms with Gasteiger partial charge in [0, 0.05) is 17.0 Å². The highest BCUT2D eigenvalue weighted by Crippen LogP contribution is 2.24. The van der Waals surface area contributed by atoms with E-state index in [0.29, 0.717) is 16.7 Å². The van der Waals surface area contributed by atoms with Crippen molar-refractivity contribution >= 4 is 16.9 Å². The highest BCUT2D eigenvalue weighted by atomic mass is 16.5. The van der Waals surface area contributed by atoms with Gasteiger partial charge < -0.3 is 14.4 Å². The summed E-state index contributed by atoms with van der Waals surface area (Å²) in [6.45, 7) is 5.32. The predicted octanol–water partition coefficient (Wildman–Crippen LogP) is 2.60. The summed E-state index contributed by atoms with van der Waals surface area (Å²) < 4.78 is 6.81. The highest BCUT2D eigenvalue weighted by molar-refractivity contribution is 5.93. The fraction of sp³-hybridized carbons (Fsp3) is 0.333. The van der Waals surface area contributed by atoms with E-state index in [1.807, 2.05) is 13.8 Å². The van der Waals surface area contributed by atoms with Crippen LogP contribution in [0.1, 0.15) is 35.9 Å². The smallest absolute Gasteiger partial charge is 0.352 e. The van der Waals surface area contributed by atoms with Gasteiger partial charge in [-0.15, -0.1) is 0 Å². The Bertz CT molecular complexity index is 744. The molecule has 0 saturated carbocycles. The van der Waals surface area contributed by atoms with Gasteiger partial charge in [0.05, 0.1) is 12.6 Å². The van der Waals surface area contributed by atoms with Crippen molar-refractivity contribution in [2.24, 2.45) is 0 Å². The van der Waals surface area contributed by atoms with Gasteiger partial charge in [0.2, 0.25) is 0 Å². The Hall–Kier alpha value is -2.30. The molecule has 0 bridgehead atoms. The van der Waals surface area contributed by atoms with Gasteiger partial charge in [-0.2, -0.15) is 0 Å². The summed E-state index contributed by atoms with van der Waals surface area (Å²) in [4.78, 5) is 23.8. The van der Waals surface area contributed by atoms with Gasteiger partial charge in [0.1, 0.15) is 11.4 Å². The number of carboxylic acids is 1. The summed E-state index contributed by atoms with van der Waals surface area (Å²) in [5.41, 5.74) is 0.622. The second-order valence-electron chi connectivity index (χ2n) is 4.95. The molecule has 5 heteroatoms. The average Bonchev–Trinajstić information content (AvgIpc) is 2.41. The van der Waals surface area contributed by atoms with Crippen LogP contribution in [0, 0.1) is 6.92 Å². The average molecular weight is 275 g/mol. The molecule has 0 radical (unpaired) electrons. The number of nitrogens with zero attached hydrogens (tertiary/aromatic N) is 1. The standard InChI is InChI=1S/C15H17NO4/c1-8(2)16-12-6-5-10(20-4)7-11(12)14(17)9(3)13(16)15(18)19/h5-8H,1-4H3,(H,18,19). The molecule has 1 aromatic carbocycles. The molecule has 1 aromatic heterocycles. The number of fused-ring (bicyclic) bond motifs is 1. The lowest BCUT2D eigenvalue weighted by molar-refractivity contribution is 0.0682. The lowest BCUT2D eigenvalue weighted by Gasteiger charge is -2.20. The third kappa shape index (κ3) is 2.05. The maximum absolute atomic E-state index is 12.4. The SMILES string of the molecule is COc1ccc2c(c1)c(=O)c(C)c(C(=O)O)n2C(C)C. The first kappa shape index (κ1) is 14.1. The van der Waals surface area contributed by atoms with Gasteiger partial charge in [0.15, 0.2) is 5.43 Å². The molecular weight excluding hydrogens is 258 g/mol. The minimum Gasteiger partial charge on any atom is -0.497 e. The number of hydrogen-bond donors (Lipinski definition) is 1. The molecule has 0 saturated heterocycles. The maximum atomic E-state index is 12.4. The summed E-state index contributed by atoms with van der Waals surface area (Å²) in [5.74, 6) is -0.515. The molecule has 0 atom stereocenters. The van der Waals surface area contributed by atoms with Crippen molar-refractivity contribution in [3.63, 3.8) is 0 Å². The summed E-state index contributed by atoms with van der Waals surface area (Å²) in [7, 11) is 1.53. The highest BCUT2D eigenvalue weighted by Gasteiger charge is 2.21. The molecule has 0 aliphatic carbocycles. The molecule has 1 heterocycles. The Morgan fingerprint density at radius 1 is 1.35 bits per heavy atom. The number of carboxylic acid groups (broad SMARTS) is 1. The molecule has 5 nitrogen and oxygen atoms in total. The molecule has 0 amide bonds. The number of rotatable bonds is 3. The van der Waals surface area contributed by atoms with E-state index in [2.05, 4.69) is 0 Å². The van der Waals surface area contributed by atoms with Crippen LogP contribution < -0.4 is 10.2 Å². The number of ether oxygens (including phenoxy) is 1. The fourth-order valence-corrected chi connectivity index (χ4v) is 2.44. The summed E-state index contributed by atoms with van der Waals surface area (Å²) in [6.07, 6.45) is 0. The van der Waals surface area contributed by atoms with Crippen molar-refractivity contribution in [3.05, 3.63) is 39.7 Å². The van der Waals surface area contributed by atoms with Gasteiger partial charge in [-0.1, -0.05) is 0 Å². The van der Waals surface area contributed by atoms with Crippen molar-refractivity contribution in [2.75, 3.05) is 7.11 Å². The fourth-order valence-electron chi connectivity index (χ4n) is 2.44. The molecule has 0 spiro atoms. The zero-order valence-electron chi connectivity index (χ0n) is 11.9. The molecule has 106 valence electrons. The maximum Gasteiger partial charge on any atom is 0.352 e. The summed E-state index contributed by atoms with van der Waals surface area (Å²) in [6, 6.07) is 5.02. The molecule has 0 aliphatic rings. The zero-order chi connectivity index (χ0) is 15.0. The van der Waals surface area contributed by atoms with Crippen LogP contribution in [0.5, 0.6) is 5.75 Å². The molecular formula is C15H17NO4. The van der Waals surface area contributed by atoms with Crippen molar-refractivity contribution in [1.29, 1.82) is 0 Å². The normalized spacial score (nSPS) is 11.1. The summed E-state index contributed by atoms with van der Waals surface area (Å²) >= 11 is 0. The van der Waals surface area contributed by atoms with E-state index in [1.54, 1.807) is 29.7 Å².